The third kappa shape index (κ3) is 4.09. The summed E-state index contributed by atoms with van der Waals surface area (Å²) in [7, 11) is 0. The van der Waals surface area contributed by atoms with Crippen LogP contribution in [-0.2, 0) is 4.79 Å². The number of carboxylic acid groups (broad SMARTS) is 1. The average molecular weight is 246 g/mol. The number of aliphatic carboxylic acids is 1. The van der Waals surface area contributed by atoms with E-state index in [9.17, 15) is 4.79 Å². The van der Waals surface area contributed by atoms with Gasteiger partial charge in [0.1, 0.15) is 12.4 Å². The van der Waals surface area contributed by atoms with Crippen molar-refractivity contribution in [3.8, 4) is 5.75 Å². The molecule has 0 saturated heterocycles. The summed E-state index contributed by atoms with van der Waals surface area (Å²) in [6.45, 7) is 6.40. The van der Waals surface area contributed by atoms with Crippen LogP contribution in [0.2, 0.25) is 0 Å². The Balaban J connectivity index is 2.93. The van der Waals surface area contributed by atoms with Crippen LogP contribution < -0.4 is 4.74 Å². The molecule has 1 rings (SSSR count). The number of benzene rings is 1. The minimum atomic E-state index is -0.946. The zero-order chi connectivity index (χ0) is 13.5. The lowest BCUT2D eigenvalue weighted by Gasteiger charge is -2.11. The van der Waals surface area contributed by atoms with Gasteiger partial charge >= 0.3 is 5.97 Å². The Bertz CT molecular complexity index is 462. The van der Waals surface area contributed by atoms with Gasteiger partial charge in [0.15, 0.2) is 0 Å². The van der Waals surface area contributed by atoms with Crippen molar-refractivity contribution in [2.45, 2.75) is 20.8 Å². The molecule has 0 saturated carbocycles. The molecule has 3 heteroatoms. The number of ether oxygens (including phenoxy) is 1. The van der Waals surface area contributed by atoms with Crippen molar-refractivity contribution >= 4 is 12.0 Å². The smallest absolute Gasteiger partial charge is 0.328 e. The lowest BCUT2D eigenvalue weighted by Crippen LogP contribution is -1.98. The molecular formula is C15H18O3. The molecule has 1 aromatic rings. The SMILES string of the molecule is C/C=C/COc1c(C)cc(/C=C/C(=O)O)cc1C. The maximum Gasteiger partial charge on any atom is 0.328 e. The molecule has 0 aliphatic heterocycles. The maximum absolute atomic E-state index is 10.5. The molecule has 0 unspecified atom stereocenters. The summed E-state index contributed by atoms with van der Waals surface area (Å²) in [5.41, 5.74) is 2.87. The van der Waals surface area contributed by atoms with Crippen LogP contribution in [0.4, 0.5) is 0 Å². The first-order valence-electron chi connectivity index (χ1n) is 5.80. The zero-order valence-electron chi connectivity index (χ0n) is 10.9. The van der Waals surface area contributed by atoms with Crippen molar-refractivity contribution in [3.05, 3.63) is 47.1 Å². The summed E-state index contributed by atoms with van der Waals surface area (Å²) < 4.78 is 5.66. The molecule has 96 valence electrons. The maximum atomic E-state index is 10.5. The normalized spacial score (nSPS) is 11.3. The minimum Gasteiger partial charge on any atom is -0.489 e. The number of aryl methyl sites for hydroxylation is 2. The minimum absolute atomic E-state index is 0.544. The predicted octanol–water partition coefficient (Wildman–Crippen LogP) is 3.36. The van der Waals surface area contributed by atoms with E-state index in [0.29, 0.717) is 6.61 Å². The van der Waals surface area contributed by atoms with E-state index in [1.807, 2.05) is 45.1 Å². The van der Waals surface area contributed by atoms with Gasteiger partial charge in [0.2, 0.25) is 0 Å². The van der Waals surface area contributed by atoms with Crippen LogP contribution in [0, 0.1) is 13.8 Å². The Labute approximate surface area is 107 Å². The highest BCUT2D eigenvalue weighted by Gasteiger charge is 2.04. The van der Waals surface area contributed by atoms with Gasteiger partial charge in [0.25, 0.3) is 0 Å². The summed E-state index contributed by atoms with van der Waals surface area (Å²) in [4.78, 5) is 10.5. The molecule has 0 amide bonds. The highest BCUT2D eigenvalue weighted by molar-refractivity contribution is 5.85. The molecule has 0 fully saturated rings. The standard InChI is InChI=1S/C15H18O3/c1-4-5-8-18-15-11(2)9-13(10-12(15)3)6-7-14(16)17/h4-7,9-10H,8H2,1-3H3,(H,16,17)/b5-4+,7-6+. The quantitative estimate of drug-likeness (QED) is 0.640. The van der Waals surface area contributed by atoms with Crippen molar-refractivity contribution in [1.82, 2.24) is 0 Å². The second-order valence-electron chi connectivity index (χ2n) is 4.04. The molecule has 18 heavy (non-hydrogen) atoms. The van der Waals surface area contributed by atoms with Crippen LogP contribution in [0.15, 0.2) is 30.4 Å². The summed E-state index contributed by atoms with van der Waals surface area (Å²) >= 11 is 0. The van der Waals surface area contributed by atoms with Gasteiger partial charge in [0.05, 0.1) is 0 Å². The van der Waals surface area contributed by atoms with Gasteiger partial charge < -0.3 is 9.84 Å². The van der Waals surface area contributed by atoms with E-state index in [1.54, 1.807) is 6.08 Å². The predicted molar refractivity (Wildman–Crippen MR) is 72.9 cm³/mol. The van der Waals surface area contributed by atoms with Crippen molar-refractivity contribution < 1.29 is 14.6 Å². The fraction of sp³-hybridized carbons (Fsp3) is 0.267. The van der Waals surface area contributed by atoms with Gasteiger partial charge in [-0.2, -0.15) is 0 Å². The Morgan fingerprint density at radius 2 is 1.94 bits per heavy atom. The van der Waals surface area contributed by atoms with E-state index >= 15 is 0 Å². The van der Waals surface area contributed by atoms with Crippen molar-refractivity contribution in [1.29, 1.82) is 0 Å². The Kier molecular flexibility index (Phi) is 5.18. The molecule has 0 bridgehead atoms. The van der Waals surface area contributed by atoms with E-state index in [-0.39, 0.29) is 0 Å². The van der Waals surface area contributed by atoms with E-state index < -0.39 is 5.97 Å². The highest BCUT2D eigenvalue weighted by Crippen LogP contribution is 2.25. The molecule has 1 aromatic carbocycles. The molecule has 0 spiro atoms. The van der Waals surface area contributed by atoms with Crippen LogP contribution in [-0.4, -0.2) is 17.7 Å². The Morgan fingerprint density at radius 3 is 2.44 bits per heavy atom. The number of carbonyl (C=O) groups is 1. The largest absolute Gasteiger partial charge is 0.489 e. The van der Waals surface area contributed by atoms with Gasteiger partial charge in [-0.25, -0.2) is 4.79 Å². The monoisotopic (exact) mass is 246 g/mol. The third-order valence-electron chi connectivity index (χ3n) is 2.46. The van der Waals surface area contributed by atoms with Crippen LogP contribution in [0.3, 0.4) is 0 Å². The number of hydrogen-bond donors (Lipinski definition) is 1. The second-order valence-corrected chi connectivity index (χ2v) is 4.04. The van der Waals surface area contributed by atoms with E-state index in [4.69, 9.17) is 9.84 Å². The fourth-order valence-corrected chi connectivity index (χ4v) is 1.70. The number of hydrogen-bond acceptors (Lipinski definition) is 2. The van der Waals surface area contributed by atoms with E-state index in [1.165, 1.54) is 0 Å². The van der Waals surface area contributed by atoms with Crippen molar-refractivity contribution in [2.24, 2.45) is 0 Å². The molecule has 0 aromatic heterocycles. The van der Waals surface area contributed by atoms with Gasteiger partial charge in [-0.1, -0.05) is 12.2 Å². The molecule has 0 aliphatic carbocycles. The van der Waals surface area contributed by atoms with Crippen molar-refractivity contribution in [2.75, 3.05) is 6.61 Å². The third-order valence-corrected chi connectivity index (χ3v) is 2.46. The number of rotatable bonds is 5. The second kappa shape index (κ2) is 6.64. The molecule has 1 N–H and O–H groups in total. The average Bonchev–Trinajstić information content (AvgIpc) is 2.30. The molecule has 0 aliphatic rings. The molecule has 3 nitrogen and oxygen atoms in total. The first-order chi connectivity index (χ1) is 8.54. The topological polar surface area (TPSA) is 46.5 Å². The Morgan fingerprint density at radius 1 is 1.33 bits per heavy atom. The first kappa shape index (κ1) is 14.0. The summed E-state index contributed by atoms with van der Waals surface area (Å²) in [6, 6.07) is 3.83. The molecule has 0 heterocycles. The van der Waals surface area contributed by atoms with Crippen LogP contribution in [0.25, 0.3) is 6.08 Å². The lowest BCUT2D eigenvalue weighted by atomic mass is 10.1. The lowest BCUT2D eigenvalue weighted by molar-refractivity contribution is -0.131. The Hall–Kier alpha value is -2.03. The number of allylic oxidation sites excluding steroid dienone is 1. The van der Waals surface area contributed by atoms with Gasteiger partial charge in [0, 0.05) is 6.08 Å². The van der Waals surface area contributed by atoms with Gasteiger partial charge in [-0.15, -0.1) is 0 Å². The van der Waals surface area contributed by atoms with Crippen LogP contribution in [0.1, 0.15) is 23.6 Å². The summed E-state index contributed by atoms with van der Waals surface area (Å²) in [6.07, 6.45) is 6.60. The van der Waals surface area contributed by atoms with Crippen LogP contribution in [0.5, 0.6) is 5.75 Å². The fourth-order valence-electron chi connectivity index (χ4n) is 1.70. The van der Waals surface area contributed by atoms with E-state index in [2.05, 4.69) is 0 Å². The molecule has 0 radical (unpaired) electrons. The van der Waals surface area contributed by atoms with Gasteiger partial charge in [-0.05, 0) is 55.7 Å². The van der Waals surface area contributed by atoms with E-state index in [0.717, 1.165) is 28.5 Å². The van der Waals surface area contributed by atoms with Crippen LogP contribution >= 0.6 is 0 Å². The number of carboxylic acids is 1. The summed E-state index contributed by atoms with van der Waals surface area (Å²) in [5, 5.41) is 8.59. The summed E-state index contributed by atoms with van der Waals surface area (Å²) in [5.74, 6) is -0.0840. The highest BCUT2D eigenvalue weighted by atomic mass is 16.5. The molecular weight excluding hydrogens is 228 g/mol. The zero-order valence-corrected chi connectivity index (χ0v) is 10.9. The van der Waals surface area contributed by atoms with Crippen molar-refractivity contribution in [3.63, 3.8) is 0 Å². The van der Waals surface area contributed by atoms with Gasteiger partial charge in [-0.3, -0.25) is 0 Å². The first-order valence-corrected chi connectivity index (χ1v) is 5.80. The molecule has 0 atom stereocenters.